The molecular weight excluding hydrogens is 219 g/mol. The predicted molar refractivity (Wildman–Crippen MR) is 66.3 cm³/mol. The molecule has 0 aromatic heterocycles. The molecule has 1 atom stereocenters. The van der Waals surface area contributed by atoms with Crippen molar-refractivity contribution in [3.63, 3.8) is 0 Å². The molecule has 0 spiro atoms. The van der Waals surface area contributed by atoms with Crippen molar-refractivity contribution in [2.45, 2.75) is 19.4 Å². The minimum atomic E-state index is -0.197. The minimum absolute atomic E-state index is 0.197. The van der Waals surface area contributed by atoms with E-state index in [1.165, 1.54) is 6.07 Å². The highest BCUT2D eigenvalue weighted by atomic mass is 19.1. The molecule has 2 rings (SSSR count). The predicted octanol–water partition coefficient (Wildman–Crippen LogP) is 1.49. The third-order valence-corrected chi connectivity index (χ3v) is 3.43. The van der Waals surface area contributed by atoms with E-state index in [-0.39, 0.29) is 12.4 Å². The monoisotopic (exact) mass is 238 g/mol. The van der Waals surface area contributed by atoms with E-state index in [9.17, 15) is 4.39 Å². The number of rotatable bonds is 4. The van der Waals surface area contributed by atoms with Crippen molar-refractivity contribution in [1.82, 2.24) is 0 Å². The molecule has 0 radical (unpaired) electrons. The van der Waals surface area contributed by atoms with Gasteiger partial charge in [-0.2, -0.15) is 0 Å². The number of para-hydroxylation sites is 1. The lowest BCUT2D eigenvalue weighted by Gasteiger charge is -2.22. The Balaban J connectivity index is 2.18. The van der Waals surface area contributed by atoms with E-state index in [0.717, 1.165) is 31.5 Å². The van der Waals surface area contributed by atoms with Crippen LogP contribution in [0.3, 0.4) is 0 Å². The van der Waals surface area contributed by atoms with E-state index in [4.69, 9.17) is 10.8 Å². The van der Waals surface area contributed by atoms with E-state index >= 15 is 0 Å². The van der Waals surface area contributed by atoms with Gasteiger partial charge >= 0.3 is 0 Å². The Morgan fingerprint density at radius 3 is 3.00 bits per heavy atom. The van der Waals surface area contributed by atoms with Crippen LogP contribution >= 0.6 is 0 Å². The number of hydrogen-bond acceptors (Lipinski definition) is 3. The Hall–Kier alpha value is -1.13. The fraction of sp³-hybridized carbons (Fsp3) is 0.538. The van der Waals surface area contributed by atoms with Crippen molar-refractivity contribution in [2.75, 3.05) is 24.6 Å². The van der Waals surface area contributed by atoms with Crippen molar-refractivity contribution in [1.29, 1.82) is 0 Å². The molecule has 1 unspecified atom stereocenters. The molecule has 0 saturated carbocycles. The molecule has 3 nitrogen and oxygen atoms in total. The molecule has 94 valence electrons. The molecule has 0 aliphatic carbocycles. The Morgan fingerprint density at radius 2 is 2.29 bits per heavy atom. The van der Waals surface area contributed by atoms with Gasteiger partial charge in [-0.05, 0) is 30.4 Å². The van der Waals surface area contributed by atoms with Gasteiger partial charge in [0.1, 0.15) is 5.82 Å². The number of hydrogen-bond donors (Lipinski definition) is 2. The molecule has 4 heteroatoms. The average Bonchev–Trinajstić information content (AvgIpc) is 2.77. The Labute approximate surface area is 101 Å². The number of nitrogens with two attached hydrogens (primary N) is 1. The zero-order valence-electron chi connectivity index (χ0n) is 9.90. The Morgan fingerprint density at radius 1 is 1.47 bits per heavy atom. The zero-order valence-corrected chi connectivity index (χ0v) is 9.90. The van der Waals surface area contributed by atoms with Gasteiger partial charge in [-0.3, -0.25) is 0 Å². The second-order valence-electron chi connectivity index (χ2n) is 4.56. The summed E-state index contributed by atoms with van der Waals surface area (Å²) in [5.41, 5.74) is 7.15. The highest BCUT2D eigenvalue weighted by molar-refractivity contribution is 5.55. The highest BCUT2D eigenvalue weighted by Gasteiger charge is 2.25. The van der Waals surface area contributed by atoms with Crippen LogP contribution in [0.5, 0.6) is 0 Å². The summed E-state index contributed by atoms with van der Waals surface area (Å²) in [5, 5.41) is 8.93. The SMILES string of the molecule is NCc1cccc(F)c1N1CCC(CCO)C1. The normalized spacial score (nSPS) is 19.9. The average molecular weight is 238 g/mol. The lowest BCUT2D eigenvalue weighted by atomic mass is 10.1. The van der Waals surface area contributed by atoms with Gasteiger partial charge in [0.15, 0.2) is 0 Å². The van der Waals surface area contributed by atoms with Crippen LogP contribution in [0.25, 0.3) is 0 Å². The van der Waals surface area contributed by atoms with Gasteiger partial charge in [0.2, 0.25) is 0 Å². The molecule has 1 saturated heterocycles. The molecule has 0 amide bonds. The highest BCUT2D eigenvalue weighted by Crippen LogP contribution is 2.30. The van der Waals surface area contributed by atoms with E-state index in [0.29, 0.717) is 18.2 Å². The van der Waals surface area contributed by atoms with Crippen LogP contribution in [-0.4, -0.2) is 24.8 Å². The van der Waals surface area contributed by atoms with Gasteiger partial charge in [-0.25, -0.2) is 4.39 Å². The number of benzene rings is 1. The van der Waals surface area contributed by atoms with Crippen LogP contribution in [0, 0.1) is 11.7 Å². The van der Waals surface area contributed by atoms with Crippen molar-refractivity contribution in [3.05, 3.63) is 29.6 Å². The van der Waals surface area contributed by atoms with Crippen molar-refractivity contribution < 1.29 is 9.50 Å². The molecule has 1 fully saturated rings. The summed E-state index contributed by atoms with van der Waals surface area (Å²) in [6, 6.07) is 5.05. The quantitative estimate of drug-likeness (QED) is 0.835. The number of anilines is 1. The molecule has 0 bridgehead atoms. The van der Waals surface area contributed by atoms with Gasteiger partial charge < -0.3 is 15.7 Å². The number of aliphatic hydroxyl groups excluding tert-OH is 1. The summed E-state index contributed by atoms with van der Waals surface area (Å²) in [6.45, 7) is 2.22. The number of halogens is 1. The zero-order chi connectivity index (χ0) is 12.3. The lowest BCUT2D eigenvalue weighted by molar-refractivity contribution is 0.263. The van der Waals surface area contributed by atoms with Crippen molar-refractivity contribution in [3.8, 4) is 0 Å². The fourth-order valence-electron chi connectivity index (χ4n) is 2.53. The summed E-state index contributed by atoms with van der Waals surface area (Å²) in [4.78, 5) is 2.05. The molecule has 3 N–H and O–H groups in total. The minimum Gasteiger partial charge on any atom is -0.396 e. The Bertz CT molecular complexity index is 384. The first-order chi connectivity index (χ1) is 8.26. The summed E-state index contributed by atoms with van der Waals surface area (Å²) in [6.07, 6.45) is 1.81. The maximum Gasteiger partial charge on any atom is 0.146 e. The van der Waals surface area contributed by atoms with E-state index in [2.05, 4.69) is 4.90 Å². The van der Waals surface area contributed by atoms with E-state index < -0.39 is 0 Å². The van der Waals surface area contributed by atoms with Gasteiger partial charge in [0, 0.05) is 26.2 Å². The van der Waals surface area contributed by atoms with Gasteiger partial charge in [-0.1, -0.05) is 12.1 Å². The molecular formula is C13H19FN2O. The Kier molecular flexibility index (Phi) is 3.97. The number of aliphatic hydroxyl groups is 1. The maximum absolute atomic E-state index is 13.9. The van der Waals surface area contributed by atoms with Crippen molar-refractivity contribution >= 4 is 5.69 Å². The third-order valence-electron chi connectivity index (χ3n) is 3.43. The topological polar surface area (TPSA) is 49.5 Å². The molecule has 1 aromatic carbocycles. The molecule has 1 aliphatic rings. The summed E-state index contributed by atoms with van der Waals surface area (Å²) in [7, 11) is 0. The van der Waals surface area contributed by atoms with Crippen molar-refractivity contribution in [2.24, 2.45) is 11.7 Å². The lowest BCUT2D eigenvalue weighted by Crippen LogP contribution is -2.23. The standard InChI is InChI=1S/C13H19FN2O/c14-12-3-1-2-11(8-15)13(12)16-6-4-10(9-16)5-7-17/h1-3,10,17H,4-9,15H2. The van der Waals surface area contributed by atoms with E-state index in [1.807, 2.05) is 6.07 Å². The third kappa shape index (κ3) is 2.58. The van der Waals surface area contributed by atoms with Crippen LogP contribution in [-0.2, 0) is 6.54 Å². The van der Waals surface area contributed by atoms with Gasteiger partial charge in [-0.15, -0.1) is 0 Å². The fourth-order valence-corrected chi connectivity index (χ4v) is 2.53. The largest absolute Gasteiger partial charge is 0.396 e. The van der Waals surface area contributed by atoms with Crippen LogP contribution in [0.2, 0.25) is 0 Å². The summed E-state index contributed by atoms with van der Waals surface area (Å²) >= 11 is 0. The first-order valence-corrected chi connectivity index (χ1v) is 6.09. The second kappa shape index (κ2) is 5.47. The van der Waals surface area contributed by atoms with E-state index in [1.54, 1.807) is 6.07 Å². The molecule has 1 aromatic rings. The number of nitrogens with zero attached hydrogens (tertiary/aromatic N) is 1. The summed E-state index contributed by atoms with van der Waals surface area (Å²) < 4.78 is 13.9. The molecule has 17 heavy (non-hydrogen) atoms. The first kappa shape index (κ1) is 12.3. The van der Waals surface area contributed by atoms with Crippen LogP contribution < -0.4 is 10.6 Å². The first-order valence-electron chi connectivity index (χ1n) is 6.09. The van der Waals surface area contributed by atoms with Crippen LogP contribution in [0.1, 0.15) is 18.4 Å². The maximum atomic E-state index is 13.9. The van der Waals surface area contributed by atoms with Gasteiger partial charge in [0.25, 0.3) is 0 Å². The molecule has 1 aliphatic heterocycles. The smallest absolute Gasteiger partial charge is 0.146 e. The van der Waals surface area contributed by atoms with Gasteiger partial charge in [0.05, 0.1) is 5.69 Å². The molecule has 1 heterocycles. The second-order valence-corrected chi connectivity index (χ2v) is 4.56. The van der Waals surface area contributed by atoms with Crippen LogP contribution in [0.15, 0.2) is 18.2 Å². The van der Waals surface area contributed by atoms with Crippen LogP contribution in [0.4, 0.5) is 10.1 Å². The summed E-state index contributed by atoms with van der Waals surface area (Å²) in [5.74, 6) is 0.267.